The van der Waals surface area contributed by atoms with Crippen molar-refractivity contribution in [1.82, 2.24) is 5.32 Å². The van der Waals surface area contributed by atoms with Crippen molar-refractivity contribution in [1.29, 1.82) is 5.26 Å². The molecule has 0 aromatic rings. The Balaban J connectivity index is 2.84. The van der Waals surface area contributed by atoms with Crippen molar-refractivity contribution in [3.8, 4) is 6.07 Å². The van der Waals surface area contributed by atoms with Crippen molar-refractivity contribution >= 4 is 0 Å². The molecule has 1 aliphatic rings. The standard InChI is InChI=1S/C12H22N2O/c1-4-11(2,9-13)12(3,15)10-6-5-7-14-8-10/h10,14-15H,4-8H2,1-3H3. The van der Waals surface area contributed by atoms with Crippen LogP contribution in [0.15, 0.2) is 0 Å². The monoisotopic (exact) mass is 210 g/mol. The number of hydrogen-bond acceptors (Lipinski definition) is 3. The molecule has 1 heterocycles. The van der Waals surface area contributed by atoms with E-state index in [0.717, 1.165) is 25.9 Å². The maximum absolute atomic E-state index is 10.6. The third-order valence-electron chi connectivity index (χ3n) is 4.16. The van der Waals surface area contributed by atoms with Crippen LogP contribution in [0.1, 0.15) is 40.0 Å². The summed E-state index contributed by atoms with van der Waals surface area (Å²) in [6.45, 7) is 7.50. The number of rotatable bonds is 3. The van der Waals surface area contributed by atoms with Crippen LogP contribution in [-0.2, 0) is 0 Å². The van der Waals surface area contributed by atoms with E-state index in [-0.39, 0.29) is 5.92 Å². The SMILES string of the molecule is CCC(C)(C#N)C(C)(O)C1CCCNC1. The average Bonchev–Trinajstić information content (AvgIpc) is 2.29. The number of aliphatic hydroxyl groups is 1. The van der Waals surface area contributed by atoms with Gasteiger partial charge in [-0.1, -0.05) is 6.92 Å². The highest BCUT2D eigenvalue weighted by Crippen LogP contribution is 2.41. The van der Waals surface area contributed by atoms with Crippen molar-refractivity contribution in [3.05, 3.63) is 0 Å². The highest BCUT2D eigenvalue weighted by atomic mass is 16.3. The maximum atomic E-state index is 10.6. The van der Waals surface area contributed by atoms with Gasteiger partial charge in [-0.05, 0) is 39.7 Å². The summed E-state index contributed by atoms with van der Waals surface area (Å²) in [6, 6.07) is 2.29. The van der Waals surface area contributed by atoms with Crippen LogP contribution in [-0.4, -0.2) is 23.8 Å². The number of nitrogens with one attached hydrogen (secondary N) is 1. The molecule has 3 nitrogen and oxygen atoms in total. The quantitative estimate of drug-likeness (QED) is 0.745. The lowest BCUT2D eigenvalue weighted by Crippen LogP contribution is -2.53. The summed E-state index contributed by atoms with van der Waals surface area (Å²) >= 11 is 0. The fourth-order valence-electron chi connectivity index (χ4n) is 2.33. The van der Waals surface area contributed by atoms with Crippen LogP contribution >= 0.6 is 0 Å². The van der Waals surface area contributed by atoms with Gasteiger partial charge in [0.15, 0.2) is 0 Å². The van der Waals surface area contributed by atoms with Crippen molar-refractivity contribution in [2.24, 2.45) is 11.3 Å². The average molecular weight is 210 g/mol. The molecule has 86 valence electrons. The molecule has 15 heavy (non-hydrogen) atoms. The van der Waals surface area contributed by atoms with Gasteiger partial charge in [0.1, 0.15) is 0 Å². The molecule has 0 amide bonds. The minimum atomic E-state index is -0.899. The smallest absolute Gasteiger partial charge is 0.0842 e. The number of piperidine rings is 1. The lowest BCUT2D eigenvalue weighted by molar-refractivity contribution is -0.0871. The topological polar surface area (TPSA) is 56.0 Å². The van der Waals surface area contributed by atoms with Crippen LogP contribution in [0, 0.1) is 22.7 Å². The first-order chi connectivity index (χ1) is 6.98. The van der Waals surface area contributed by atoms with Gasteiger partial charge < -0.3 is 10.4 Å². The van der Waals surface area contributed by atoms with E-state index in [1.54, 1.807) is 0 Å². The molecule has 0 spiro atoms. The highest BCUT2D eigenvalue weighted by molar-refractivity contribution is 5.09. The van der Waals surface area contributed by atoms with E-state index >= 15 is 0 Å². The van der Waals surface area contributed by atoms with Gasteiger partial charge in [-0.2, -0.15) is 5.26 Å². The normalized spacial score (nSPS) is 29.9. The lowest BCUT2D eigenvalue weighted by Gasteiger charge is -2.44. The molecule has 0 bridgehead atoms. The zero-order chi connectivity index (χ0) is 11.5. The molecule has 3 unspecified atom stereocenters. The second-order valence-corrected chi connectivity index (χ2v) is 4.99. The van der Waals surface area contributed by atoms with Crippen LogP contribution in [0.3, 0.4) is 0 Å². The minimum Gasteiger partial charge on any atom is -0.388 e. The summed E-state index contributed by atoms with van der Waals surface area (Å²) in [6.07, 6.45) is 2.79. The summed E-state index contributed by atoms with van der Waals surface area (Å²) in [5.41, 5.74) is -1.54. The van der Waals surface area contributed by atoms with E-state index in [1.165, 1.54) is 0 Å². The van der Waals surface area contributed by atoms with Crippen LogP contribution in [0.25, 0.3) is 0 Å². The van der Waals surface area contributed by atoms with Crippen molar-refractivity contribution < 1.29 is 5.11 Å². The largest absolute Gasteiger partial charge is 0.388 e. The first-order valence-corrected chi connectivity index (χ1v) is 5.82. The lowest BCUT2D eigenvalue weighted by atomic mass is 9.65. The van der Waals surface area contributed by atoms with Crippen molar-refractivity contribution in [3.63, 3.8) is 0 Å². The Labute approximate surface area is 92.5 Å². The molecule has 3 atom stereocenters. The fraction of sp³-hybridized carbons (Fsp3) is 0.917. The molecule has 0 saturated carbocycles. The number of nitriles is 1. The van der Waals surface area contributed by atoms with Crippen LogP contribution < -0.4 is 5.32 Å². The van der Waals surface area contributed by atoms with E-state index in [0.29, 0.717) is 6.42 Å². The van der Waals surface area contributed by atoms with Gasteiger partial charge in [0.25, 0.3) is 0 Å². The Morgan fingerprint density at radius 1 is 1.53 bits per heavy atom. The van der Waals surface area contributed by atoms with Crippen molar-refractivity contribution in [2.75, 3.05) is 13.1 Å². The highest BCUT2D eigenvalue weighted by Gasteiger charge is 2.47. The number of nitrogens with zero attached hydrogens (tertiary/aromatic N) is 1. The first-order valence-electron chi connectivity index (χ1n) is 5.82. The third kappa shape index (κ3) is 2.16. The fourth-order valence-corrected chi connectivity index (χ4v) is 2.33. The van der Waals surface area contributed by atoms with Gasteiger partial charge in [0, 0.05) is 12.5 Å². The summed E-state index contributed by atoms with van der Waals surface area (Å²) in [7, 11) is 0. The molecule has 2 N–H and O–H groups in total. The Morgan fingerprint density at radius 3 is 2.60 bits per heavy atom. The molecule has 1 aliphatic heterocycles. The van der Waals surface area contributed by atoms with Crippen LogP contribution in [0.2, 0.25) is 0 Å². The van der Waals surface area contributed by atoms with Gasteiger partial charge in [-0.3, -0.25) is 0 Å². The molecule has 0 aliphatic carbocycles. The van der Waals surface area contributed by atoms with Gasteiger partial charge in [0.2, 0.25) is 0 Å². The summed E-state index contributed by atoms with van der Waals surface area (Å²) in [5, 5.41) is 23.1. The second-order valence-electron chi connectivity index (χ2n) is 4.99. The predicted molar refractivity (Wildman–Crippen MR) is 60.2 cm³/mol. The zero-order valence-corrected chi connectivity index (χ0v) is 10.0. The van der Waals surface area contributed by atoms with Gasteiger partial charge in [-0.25, -0.2) is 0 Å². The molecule has 0 radical (unpaired) electrons. The Bertz CT molecular complexity index is 251. The molecular weight excluding hydrogens is 188 g/mol. The minimum absolute atomic E-state index is 0.191. The molecule has 0 aromatic heterocycles. The molecule has 1 saturated heterocycles. The third-order valence-corrected chi connectivity index (χ3v) is 4.16. The van der Waals surface area contributed by atoms with E-state index in [2.05, 4.69) is 11.4 Å². The maximum Gasteiger partial charge on any atom is 0.0842 e. The summed E-state index contributed by atoms with van der Waals surface area (Å²) < 4.78 is 0. The molecule has 0 aromatic carbocycles. The Morgan fingerprint density at radius 2 is 2.20 bits per heavy atom. The zero-order valence-electron chi connectivity index (χ0n) is 10.0. The summed E-state index contributed by atoms with van der Waals surface area (Å²) in [5.74, 6) is 0.191. The molecule has 3 heteroatoms. The van der Waals surface area contributed by atoms with E-state index in [1.807, 2.05) is 20.8 Å². The van der Waals surface area contributed by atoms with E-state index in [4.69, 9.17) is 0 Å². The van der Waals surface area contributed by atoms with Crippen LogP contribution in [0.4, 0.5) is 0 Å². The predicted octanol–water partition coefficient (Wildman–Crippen LogP) is 1.68. The Kier molecular flexibility index (Phi) is 3.75. The first kappa shape index (κ1) is 12.5. The molecule has 1 fully saturated rings. The van der Waals surface area contributed by atoms with Gasteiger partial charge >= 0.3 is 0 Å². The van der Waals surface area contributed by atoms with E-state index < -0.39 is 11.0 Å². The van der Waals surface area contributed by atoms with E-state index in [9.17, 15) is 10.4 Å². The van der Waals surface area contributed by atoms with Gasteiger partial charge in [-0.15, -0.1) is 0 Å². The molecule has 1 rings (SSSR count). The van der Waals surface area contributed by atoms with Crippen LogP contribution in [0.5, 0.6) is 0 Å². The molecular formula is C12H22N2O. The van der Waals surface area contributed by atoms with Gasteiger partial charge in [0.05, 0.1) is 17.1 Å². The summed E-state index contributed by atoms with van der Waals surface area (Å²) in [4.78, 5) is 0. The second kappa shape index (κ2) is 4.51. The van der Waals surface area contributed by atoms with Crippen molar-refractivity contribution in [2.45, 2.75) is 45.6 Å². The number of hydrogen-bond donors (Lipinski definition) is 2. The Hall–Kier alpha value is -0.590.